The maximum atomic E-state index is 12.9. The fraction of sp³-hybridized carbons (Fsp3) is 0.167. The highest BCUT2D eigenvalue weighted by Gasteiger charge is 2.09. The van der Waals surface area contributed by atoms with Gasteiger partial charge in [0.05, 0.1) is 0 Å². The number of Topliss-reactive ketones (excluding diaryl/α,β-unsaturated/α-hetero) is 1. The predicted molar refractivity (Wildman–Crippen MR) is 57.6 cm³/mol. The highest BCUT2D eigenvalue weighted by atomic mass is 19.1. The van der Waals surface area contributed by atoms with Crippen molar-refractivity contribution in [3.05, 3.63) is 53.6 Å². The molecule has 16 heavy (non-hydrogen) atoms. The molecular formula is C12H11FN2O. The fourth-order valence-electron chi connectivity index (χ4n) is 1.49. The number of ketones is 1. The molecule has 1 aromatic carbocycles. The molecule has 0 spiro atoms. The number of aromatic nitrogens is 2. The average Bonchev–Trinajstić information content (AvgIpc) is 2.65. The number of aryl methyl sites for hydroxylation is 1. The van der Waals surface area contributed by atoms with Crippen molar-refractivity contribution in [3.63, 3.8) is 0 Å². The molecule has 0 atom stereocenters. The molecule has 1 aromatic heterocycles. The molecular weight excluding hydrogens is 207 g/mol. The van der Waals surface area contributed by atoms with E-state index in [1.54, 1.807) is 36.1 Å². The van der Waals surface area contributed by atoms with Crippen LogP contribution in [0.5, 0.6) is 0 Å². The molecule has 0 saturated carbocycles. The first-order valence-corrected chi connectivity index (χ1v) is 4.92. The fourth-order valence-corrected chi connectivity index (χ4v) is 1.49. The van der Waals surface area contributed by atoms with Crippen LogP contribution in [0.25, 0.3) is 0 Å². The first-order valence-electron chi connectivity index (χ1n) is 4.92. The lowest BCUT2D eigenvalue weighted by Gasteiger charge is -1.98. The molecule has 0 amide bonds. The van der Waals surface area contributed by atoms with Gasteiger partial charge in [-0.1, -0.05) is 12.1 Å². The largest absolute Gasteiger partial charge is 0.292 e. The Morgan fingerprint density at radius 2 is 2.25 bits per heavy atom. The minimum Gasteiger partial charge on any atom is -0.292 e. The lowest BCUT2D eigenvalue weighted by atomic mass is 10.1. The Labute approximate surface area is 92.5 Å². The van der Waals surface area contributed by atoms with E-state index in [0.717, 1.165) is 0 Å². The third-order valence-electron chi connectivity index (χ3n) is 2.25. The predicted octanol–water partition coefficient (Wildman–Crippen LogP) is 1.98. The van der Waals surface area contributed by atoms with Crippen LogP contribution in [-0.2, 0) is 13.5 Å². The van der Waals surface area contributed by atoms with E-state index in [2.05, 4.69) is 5.10 Å². The molecule has 0 aliphatic rings. The van der Waals surface area contributed by atoms with Gasteiger partial charge in [0.2, 0.25) is 0 Å². The third-order valence-corrected chi connectivity index (χ3v) is 2.25. The summed E-state index contributed by atoms with van der Waals surface area (Å²) >= 11 is 0. The summed E-state index contributed by atoms with van der Waals surface area (Å²) in [6.07, 6.45) is 1.88. The van der Waals surface area contributed by atoms with Crippen LogP contribution < -0.4 is 0 Å². The van der Waals surface area contributed by atoms with E-state index in [4.69, 9.17) is 0 Å². The number of hydrogen-bond donors (Lipinski definition) is 0. The van der Waals surface area contributed by atoms with Crippen molar-refractivity contribution >= 4 is 5.78 Å². The van der Waals surface area contributed by atoms with Crippen LogP contribution in [0.2, 0.25) is 0 Å². The molecule has 82 valence electrons. The number of hydrogen-bond acceptors (Lipinski definition) is 2. The molecule has 0 aliphatic carbocycles. The number of rotatable bonds is 3. The van der Waals surface area contributed by atoms with Gasteiger partial charge in [-0.15, -0.1) is 0 Å². The Balaban J connectivity index is 2.13. The van der Waals surface area contributed by atoms with E-state index in [9.17, 15) is 9.18 Å². The van der Waals surface area contributed by atoms with Crippen molar-refractivity contribution in [1.29, 1.82) is 0 Å². The van der Waals surface area contributed by atoms with Crippen LogP contribution >= 0.6 is 0 Å². The molecule has 0 fully saturated rings. The van der Waals surface area contributed by atoms with Crippen LogP contribution in [0.1, 0.15) is 16.1 Å². The number of carbonyl (C=O) groups excluding carboxylic acids is 1. The maximum Gasteiger partial charge on any atom is 0.187 e. The molecule has 0 radical (unpaired) electrons. The summed E-state index contributed by atoms with van der Waals surface area (Å²) in [7, 11) is 1.75. The maximum absolute atomic E-state index is 12.9. The summed E-state index contributed by atoms with van der Waals surface area (Å²) in [5, 5.41) is 4.00. The van der Waals surface area contributed by atoms with Gasteiger partial charge >= 0.3 is 0 Å². The van der Waals surface area contributed by atoms with E-state index in [1.165, 1.54) is 12.1 Å². The summed E-state index contributed by atoms with van der Waals surface area (Å²) in [6, 6.07) is 7.69. The van der Waals surface area contributed by atoms with Crippen LogP contribution in [-0.4, -0.2) is 15.6 Å². The number of nitrogens with zero attached hydrogens (tertiary/aromatic N) is 2. The molecule has 2 aromatic rings. The Bertz CT molecular complexity index is 519. The van der Waals surface area contributed by atoms with Gasteiger partial charge in [-0.3, -0.25) is 9.48 Å². The zero-order chi connectivity index (χ0) is 11.5. The van der Waals surface area contributed by atoms with Crippen molar-refractivity contribution in [2.24, 2.45) is 7.05 Å². The Morgan fingerprint density at radius 3 is 2.88 bits per heavy atom. The molecule has 0 saturated heterocycles. The van der Waals surface area contributed by atoms with Crippen molar-refractivity contribution < 1.29 is 9.18 Å². The molecule has 0 bridgehead atoms. The Hall–Kier alpha value is -1.97. The van der Waals surface area contributed by atoms with Gasteiger partial charge < -0.3 is 0 Å². The first-order chi connectivity index (χ1) is 7.65. The van der Waals surface area contributed by atoms with Crippen molar-refractivity contribution in [2.75, 3.05) is 0 Å². The van der Waals surface area contributed by atoms with Gasteiger partial charge in [0, 0.05) is 19.7 Å². The standard InChI is InChI=1S/C12H11FN2O/c1-15-6-5-11(14-15)12(16)8-9-3-2-4-10(13)7-9/h2-7H,8H2,1H3. The van der Waals surface area contributed by atoms with Crippen LogP contribution in [0.3, 0.4) is 0 Å². The number of carbonyl (C=O) groups is 1. The quantitative estimate of drug-likeness (QED) is 0.738. The SMILES string of the molecule is Cn1ccc(C(=O)Cc2cccc(F)c2)n1. The summed E-state index contributed by atoms with van der Waals surface area (Å²) in [5.74, 6) is -0.433. The van der Waals surface area contributed by atoms with E-state index >= 15 is 0 Å². The summed E-state index contributed by atoms with van der Waals surface area (Å²) in [6.45, 7) is 0. The van der Waals surface area contributed by atoms with E-state index in [0.29, 0.717) is 11.3 Å². The number of halogens is 1. The van der Waals surface area contributed by atoms with Crippen LogP contribution in [0.15, 0.2) is 36.5 Å². The van der Waals surface area contributed by atoms with Crippen molar-refractivity contribution in [1.82, 2.24) is 9.78 Å². The minimum absolute atomic E-state index is 0.105. The van der Waals surface area contributed by atoms with Gasteiger partial charge in [0.25, 0.3) is 0 Å². The van der Waals surface area contributed by atoms with E-state index in [1.807, 2.05) is 0 Å². The third kappa shape index (κ3) is 2.34. The van der Waals surface area contributed by atoms with E-state index in [-0.39, 0.29) is 18.0 Å². The van der Waals surface area contributed by atoms with Gasteiger partial charge in [-0.05, 0) is 23.8 Å². The molecule has 1 heterocycles. The lowest BCUT2D eigenvalue weighted by molar-refractivity contribution is 0.0987. The molecule has 0 aliphatic heterocycles. The highest BCUT2D eigenvalue weighted by molar-refractivity contribution is 5.95. The molecule has 2 rings (SSSR count). The minimum atomic E-state index is -0.327. The van der Waals surface area contributed by atoms with Crippen molar-refractivity contribution in [2.45, 2.75) is 6.42 Å². The topological polar surface area (TPSA) is 34.9 Å². The zero-order valence-corrected chi connectivity index (χ0v) is 8.85. The smallest absolute Gasteiger partial charge is 0.187 e. The monoisotopic (exact) mass is 218 g/mol. The van der Waals surface area contributed by atoms with Gasteiger partial charge in [0.1, 0.15) is 11.5 Å². The van der Waals surface area contributed by atoms with Crippen molar-refractivity contribution in [3.8, 4) is 0 Å². The number of benzene rings is 1. The second-order valence-electron chi connectivity index (χ2n) is 3.60. The lowest BCUT2D eigenvalue weighted by Crippen LogP contribution is -2.05. The van der Waals surface area contributed by atoms with E-state index < -0.39 is 0 Å². The zero-order valence-electron chi connectivity index (χ0n) is 8.85. The Kier molecular flexibility index (Phi) is 2.81. The summed E-state index contributed by atoms with van der Waals surface area (Å²) in [5.41, 5.74) is 1.07. The molecule has 4 heteroatoms. The Morgan fingerprint density at radius 1 is 1.44 bits per heavy atom. The second kappa shape index (κ2) is 4.26. The van der Waals surface area contributed by atoms with Crippen LogP contribution in [0, 0.1) is 5.82 Å². The molecule has 0 N–H and O–H groups in total. The molecule has 3 nitrogen and oxygen atoms in total. The summed E-state index contributed by atoms with van der Waals surface area (Å²) in [4.78, 5) is 11.7. The summed E-state index contributed by atoms with van der Waals surface area (Å²) < 4.78 is 14.5. The van der Waals surface area contributed by atoms with Gasteiger partial charge in [-0.2, -0.15) is 5.10 Å². The molecule has 0 unspecified atom stereocenters. The van der Waals surface area contributed by atoms with Crippen LogP contribution in [0.4, 0.5) is 4.39 Å². The van der Waals surface area contributed by atoms with Gasteiger partial charge in [0.15, 0.2) is 5.78 Å². The second-order valence-corrected chi connectivity index (χ2v) is 3.60. The normalized spacial score (nSPS) is 10.4. The average molecular weight is 218 g/mol. The highest BCUT2D eigenvalue weighted by Crippen LogP contribution is 2.07. The van der Waals surface area contributed by atoms with Gasteiger partial charge in [-0.25, -0.2) is 4.39 Å². The first kappa shape index (κ1) is 10.5.